The van der Waals surface area contributed by atoms with Crippen molar-refractivity contribution >= 4 is 12.1 Å². The van der Waals surface area contributed by atoms with Crippen molar-refractivity contribution in [3.8, 4) is 0 Å². The first-order valence-corrected chi connectivity index (χ1v) is 3.81. The SMILES string of the molecule is CN(C=O)c1ccccc1C(F)(F)F. The van der Waals surface area contributed by atoms with Crippen molar-refractivity contribution in [2.75, 3.05) is 11.9 Å². The average Bonchev–Trinajstić information content (AvgIpc) is 2.15. The van der Waals surface area contributed by atoms with E-state index in [1.54, 1.807) is 0 Å². The van der Waals surface area contributed by atoms with Crippen LogP contribution >= 0.6 is 0 Å². The lowest BCUT2D eigenvalue weighted by molar-refractivity contribution is -0.137. The van der Waals surface area contributed by atoms with Crippen molar-refractivity contribution in [3.05, 3.63) is 29.8 Å². The van der Waals surface area contributed by atoms with E-state index in [-0.39, 0.29) is 5.69 Å². The molecule has 14 heavy (non-hydrogen) atoms. The summed E-state index contributed by atoms with van der Waals surface area (Å²) in [6, 6.07) is 4.92. The molecule has 0 radical (unpaired) electrons. The van der Waals surface area contributed by atoms with Crippen LogP contribution < -0.4 is 4.90 Å². The van der Waals surface area contributed by atoms with Crippen LogP contribution in [0.1, 0.15) is 5.56 Å². The fraction of sp³-hybridized carbons (Fsp3) is 0.222. The molecule has 1 rings (SSSR count). The van der Waals surface area contributed by atoms with E-state index in [4.69, 9.17) is 0 Å². The third-order valence-corrected chi connectivity index (χ3v) is 1.75. The highest BCUT2D eigenvalue weighted by atomic mass is 19.4. The quantitative estimate of drug-likeness (QED) is 0.675. The maximum absolute atomic E-state index is 12.4. The number of para-hydroxylation sites is 1. The molecule has 0 spiro atoms. The van der Waals surface area contributed by atoms with Gasteiger partial charge in [0.25, 0.3) is 0 Å². The number of rotatable bonds is 2. The monoisotopic (exact) mass is 203 g/mol. The molecule has 1 amide bonds. The molecule has 0 heterocycles. The second kappa shape index (κ2) is 3.69. The van der Waals surface area contributed by atoms with Gasteiger partial charge in [0.2, 0.25) is 6.41 Å². The molecule has 0 aliphatic carbocycles. The molecule has 1 aromatic rings. The number of carbonyl (C=O) groups excluding carboxylic acids is 1. The summed E-state index contributed by atoms with van der Waals surface area (Å²) in [6.45, 7) is 0. The Morgan fingerprint density at radius 3 is 2.36 bits per heavy atom. The van der Waals surface area contributed by atoms with Gasteiger partial charge in [-0.25, -0.2) is 0 Å². The number of anilines is 1. The molecule has 0 unspecified atom stereocenters. The van der Waals surface area contributed by atoms with E-state index in [0.717, 1.165) is 11.0 Å². The van der Waals surface area contributed by atoms with Crippen LogP contribution in [0.4, 0.5) is 18.9 Å². The third-order valence-electron chi connectivity index (χ3n) is 1.75. The van der Waals surface area contributed by atoms with Gasteiger partial charge in [0.1, 0.15) is 0 Å². The molecule has 0 atom stereocenters. The summed E-state index contributed by atoms with van der Waals surface area (Å²) in [5.74, 6) is 0. The van der Waals surface area contributed by atoms with Crippen LogP contribution in [0.25, 0.3) is 0 Å². The zero-order valence-corrected chi connectivity index (χ0v) is 7.38. The van der Waals surface area contributed by atoms with Crippen LogP contribution in [0.5, 0.6) is 0 Å². The number of nitrogens with zero attached hydrogens (tertiary/aromatic N) is 1. The first kappa shape index (κ1) is 10.6. The first-order valence-electron chi connectivity index (χ1n) is 3.81. The van der Waals surface area contributed by atoms with Gasteiger partial charge in [0, 0.05) is 7.05 Å². The second-order valence-corrected chi connectivity index (χ2v) is 2.73. The summed E-state index contributed by atoms with van der Waals surface area (Å²) >= 11 is 0. The van der Waals surface area contributed by atoms with E-state index in [1.807, 2.05) is 0 Å². The van der Waals surface area contributed by atoms with Gasteiger partial charge in [-0.15, -0.1) is 0 Å². The minimum Gasteiger partial charge on any atom is -0.317 e. The zero-order valence-electron chi connectivity index (χ0n) is 7.38. The predicted molar refractivity (Wildman–Crippen MR) is 45.9 cm³/mol. The summed E-state index contributed by atoms with van der Waals surface area (Å²) in [5, 5.41) is 0. The van der Waals surface area contributed by atoms with Gasteiger partial charge in [-0.05, 0) is 12.1 Å². The summed E-state index contributed by atoms with van der Waals surface area (Å²) < 4.78 is 37.2. The third kappa shape index (κ3) is 2.04. The van der Waals surface area contributed by atoms with Crippen molar-refractivity contribution in [2.24, 2.45) is 0 Å². The maximum atomic E-state index is 12.4. The highest BCUT2D eigenvalue weighted by Crippen LogP contribution is 2.35. The zero-order chi connectivity index (χ0) is 10.8. The van der Waals surface area contributed by atoms with E-state index in [0.29, 0.717) is 6.41 Å². The predicted octanol–water partition coefficient (Wildman–Crippen LogP) is 2.30. The first-order chi connectivity index (χ1) is 6.46. The van der Waals surface area contributed by atoms with Gasteiger partial charge in [0.05, 0.1) is 11.3 Å². The van der Waals surface area contributed by atoms with Gasteiger partial charge < -0.3 is 4.90 Å². The summed E-state index contributed by atoms with van der Waals surface area (Å²) in [5.41, 5.74) is -0.954. The Hall–Kier alpha value is -1.52. The van der Waals surface area contributed by atoms with E-state index >= 15 is 0 Å². The summed E-state index contributed by atoms with van der Waals surface area (Å²) in [6.07, 6.45) is -4.10. The largest absolute Gasteiger partial charge is 0.418 e. The molecule has 5 heteroatoms. The molecular formula is C9H8F3NO. The summed E-state index contributed by atoms with van der Waals surface area (Å²) in [4.78, 5) is 11.2. The van der Waals surface area contributed by atoms with Crippen molar-refractivity contribution in [3.63, 3.8) is 0 Å². The van der Waals surface area contributed by atoms with E-state index < -0.39 is 11.7 Å². The Bertz CT molecular complexity index is 335. The van der Waals surface area contributed by atoms with Crippen LogP contribution in [0.3, 0.4) is 0 Å². The minimum absolute atomic E-state index is 0.144. The van der Waals surface area contributed by atoms with Gasteiger partial charge in [0.15, 0.2) is 0 Å². The van der Waals surface area contributed by atoms with Crippen molar-refractivity contribution in [1.29, 1.82) is 0 Å². The molecular weight excluding hydrogens is 195 g/mol. The summed E-state index contributed by atoms with van der Waals surface area (Å²) in [7, 11) is 1.28. The standard InChI is InChI=1S/C9H8F3NO/c1-13(6-14)8-5-3-2-4-7(8)9(10,11)12/h2-6H,1H3. The van der Waals surface area contributed by atoms with E-state index in [2.05, 4.69) is 0 Å². The van der Waals surface area contributed by atoms with E-state index in [9.17, 15) is 18.0 Å². The maximum Gasteiger partial charge on any atom is 0.418 e. The molecule has 0 aliphatic rings. The van der Waals surface area contributed by atoms with Crippen molar-refractivity contribution in [1.82, 2.24) is 0 Å². The number of hydrogen-bond donors (Lipinski definition) is 0. The molecule has 0 N–H and O–H groups in total. The van der Waals surface area contributed by atoms with Crippen LogP contribution in [0.2, 0.25) is 0 Å². The number of amides is 1. The minimum atomic E-state index is -4.44. The Kier molecular flexibility index (Phi) is 2.78. The topological polar surface area (TPSA) is 20.3 Å². The number of benzene rings is 1. The van der Waals surface area contributed by atoms with Gasteiger partial charge >= 0.3 is 6.18 Å². The molecule has 1 aromatic carbocycles. The molecule has 0 bridgehead atoms. The smallest absolute Gasteiger partial charge is 0.317 e. The normalized spacial score (nSPS) is 11.1. The molecule has 76 valence electrons. The lowest BCUT2D eigenvalue weighted by atomic mass is 10.1. The van der Waals surface area contributed by atoms with Crippen molar-refractivity contribution < 1.29 is 18.0 Å². The Morgan fingerprint density at radius 2 is 1.86 bits per heavy atom. The molecule has 0 saturated carbocycles. The Labute approximate surface area is 78.9 Å². The molecule has 0 aromatic heterocycles. The van der Waals surface area contributed by atoms with Gasteiger partial charge in [-0.2, -0.15) is 13.2 Å². The molecule has 0 aliphatic heterocycles. The average molecular weight is 203 g/mol. The van der Waals surface area contributed by atoms with Gasteiger partial charge in [-0.3, -0.25) is 4.79 Å². The fourth-order valence-electron chi connectivity index (χ4n) is 1.08. The molecule has 0 fully saturated rings. The van der Waals surface area contributed by atoms with Crippen molar-refractivity contribution in [2.45, 2.75) is 6.18 Å². The molecule has 0 saturated heterocycles. The molecule has 2 nitrogen and oxygen atoms in total. The number of hydrogen-bond acceptors (Lipinski definition) is 1. The highest BCUT2D eigenvalue weighted by Gasteiger charge is 2.33. The number of carbonyl (C=O) groups is 1. The fourth-order valence-corrected chi connectivity index (χ4v) is 1.08. The number of halogens is 3. The Balaban J connectivity index is 3.22. The Morgan fingerprint density at radius 1 is 1.29 bits per heavy atom. The van der Waals surface area contributed by atoms with Crippen LogP contribution in [0.15, 0.2) is 24.3 Å². The second-order valence-electron chi connectivity index (χ2n) is 2.73. The van der Waals surface area contributed by atoms with Crippen LogP contribution in [0, 0.1) is 0 Å². The highest BCUT2D eigenvalue weighted by molar-refractivity contribution is 5.76. The lowest BCUT2D eigenvalue weighted by Crippen LogP contribution is -2.19. The van der Waals surface area contributed by atoms with Gasteiger partial charge in [-0.1, -0.05) is 12.1 Å². The van der Waals surface area contributed by atoms with Crippen LogP contribution in [-0.2, 0) is 11.0 Å². The lowest BCUT2D eigenvalue weighted by Gasteiger charge is -2.17. The number of alkyl halides is 3. The van der Waals surface area contributed by atoms with Crippen LogP contribution in [-0.4, -0.2) is 13.5 Å². The van der Waals surface area contributed by atoms with E-state index in [1.165, 1.54) is 25.2 Å².